The van der Waals surface area contributed by atoms with Gasteiger partial charge < -0.3 is 25.6 Å². The first kappa shape index (κ1) is 22.8. The number of aromatic nitrogens is 2. The minimum absolute atomic E-state index is 0.294. The number of H-pyrrole nitrogens is 1. The van der Waals surface area contributed by atoms with Crippen molar-refractivity contribution >= 4 is 45.9 Å². The number of nitrogens with zero attached hydrogens (tertiary/aromatic N) is 2. The topological polar surface area (TPSA) is 149 Å². The molecule has 32 heavy (non-hydrogen) atoms. The number of hydrogen-bond acceptors (Lipinski definition) is 8. The second kappa shape index (κ2) is 9.92. The molecule has 3 rings (SSSR count). The maximum atomic E-state index is 12.9. The lowest BCUT2D eigenvalue weighted by molar-refractivity contribution is -0.141. The van der Waals surface area contributed by atoms with Crippen LogP contribution in [-0.4, -0.2) is 41.3 Å². The molecule has 2 aromatic carbocycles. The molecule has 0 bridgehead atoms. The number of methoxy groups -OCH3 is 1. The van der Waals surface area contributed by atoms with Crippen molar-refractivity contribution in [1.29, 1.82) is 0 Å². The molecule has 10 nitrogen and oxygen atoms in total. The zero-order valence-corrected chi connectivity index (χ0v) is 18.0. The third-order valence-electron chi connectivity index (χ3n) is 4.46. The van der Waals surface area contributed by atoms with Crippen LogP contribution in [0.4, 0.5) is 5.69 Å². The summed E-state index contributed by atoms with van der Waals surface area (Å²) >= 11 is 5.94. The number of nitrogens with one attached hydrogen (secondary N) is 2. The number of amides is 1. The maximum absolute atomic E-state index is 12.9. The summed E-state index contributed by atoms with van der Waals surface area (Å²) in [5, 5.41) is 6.46. The van der Waals surface area contributed by atoms with Crippen LogP contribution >= 0.6 is 11.6 Å². The fourth-order valence-electron chi connectivity index (χ4n) is 3.00. The van der Waals surface area contributed by atoms with Gasteiger partial charge in [0.1, 0.15) is 17.2 Å². The van der Waals surface area contributed by atoms with Gasteiger partial charge in [0, 0.05) is 10.7 Å². The number of ether oxygens (including phenoxy) is 2. The van der Waals surface area contributed by atoms with E-state index in [-0.39, 0.29) is 5.69 Å². The highest BCUT2D eigenvalue weighted by molar-refractivity contribution is 6.47. The highest BCUT2D eigenvalue weighted by atomic mass is 35.5. The summed E-state index contributed by atoms with van der Waals surface area (Å²) in [6, 6.07) is 11.2. The Kier molecular flexibility index (Phi) is 7.06. The average molecular weight is 458 g/mol. The lowest BCUT2D eigenvalue weighted by atomic mass is 9.98. The van der Waals surface area contributed by atoms with Crippen molar-refractivity contribution in [3.05, 3.63) is 63.5 Å². The summed E-state index contributed by atoms with van der Waals surface area (Å²) in [5.74, 6) is 2.78. The summed E-state index contributed by atoms with van der Waals surface area (Å²) in [7, 11) is 1.11. The van der Waals surface area contributed by atoms with E-state index in [4.69, 9.17) is 26.9 Å². The summed E-state index contributed by atoms with van der Waals surface area (Å²) < 4.78 is 10.2. The molecule has 0 spiro atoms. The monoisotopic (exact) mass is 457 g/mol. The van der Waals surface area contributed by atoms with E-state index in [1.807, 2.05) is 6.92 Å². The number of nitrogens with two attached hydrogens (primary N) is 1. The molecule has 0 saturated carbocycles. The van der Waals surface area contributed by atoms with E-state index in [9.17, 15) is 14.4 Å². The lowest BCUT2D eigenvalue weighted by Gasteiger charge is -2.16. The van der Waals surface area contributed by atoms with E-state index in [0.717, 1.165) is 7.11 Å². The molecule has 0 saturated heterocycles. The number of fused-ring (bicyclic) bond motifs is 1. The number of benzene rings is 2. The van der Waals surface area contributed by atoms with Crippen molar-refractivity contribution in [3.8, 4) is 5.75 Å². The summed E-state index contributed by atoms with van der Waals surface area (Å²) in [5.41, 5.74) is -0.348. The number of esters is 1. The number of carbonyl (C=O) groups excluding carboxylic acids is 2. The number of rotatable bonds is 7. The van der Waals surface area contributed by atoms with Crippen LogP contribution in [-0.2, 0) is 14.3 Å². The number of anilines is 1. The Bertz CT molecular complexity index is 1240. The van der Waals surface area contributed by atoms with Crippen molar-refractivity contribution in [2.75, 3.05) is 19.0 Å². The van der Waals surface area contributed by atoms with Gasteiger partial charge in [0.05, 0.1) is 24.8 Å². The zero-order chi connectivity index (χ0) is 23.3. The number of hydrogen-bond donors (Lipinski definition) is 3. The number of carbonyl (C=O) groups is 2. The van der Waals surface area contributed by atoms with Crippen LogP contribution in [0.3, 0.4) is 0 Å². The molecule has 1 amide bonds. The van der Waals surface area contributed by atoms with Crippen LogP contribution in [0.15, 0.2) is 52.4 Å². The number of aromatic amines is 1. The molecule has 166 valence electrons. The fraction of sp³-hybridized carbons (Fsp3) is 0.190. The summed E-state index contributed by atoms with van der Waals surface area (Å²) in [4.78, 5) is 45.0. The van der Waals surface area contributed by atoms with E-state index in [1.165, 1.54) is 6.07 Å². The van der Waals surface area contributed by atoms with Crippen LogP contribution in [0, 0.1) is 0 Å². The average Bonchev–Trinajstić information content (AvgIpc) is 2.78. The highest BCUT2D eigenvalue weighted by Crippen LogP contribution is 2.21. The largest absolute Gasteiger partial charge is 0.494 e. The maximum Gasteiger partial charge on any atom is 0.321 e. The van der Waals surface area contributed by atoms with Crippen LogP contribution < -0.4 is 21.5 Å². The van der Waals surface area contributed by atoms with Crippen molar-refractivity contribution in [3.63, 3.8) is 0 Å². The van der Waals surface area contributed by atoms with Crippen LogP contribution in [0.25, 0.3) is 11.0 Å². The third-order valence-corrected chi connectivity index (χ3v) is 4.69. The van der Waals surface area contributed by atoms with Crippen molar-refractivity contribution in [2.45, 2.75) is 12.8 Å². The Morgan fingerprint density at radius 2 is 1.97 bits per heavy atom. The number of halogens is 1. The smallest absolute Gasteiger partial charge is 0.321 e. The second-order valence-electron chi connectivity index (χ2n) is 6.49. The van der Waals surface area contributed by atoms with Gasteiger partial charge in [-0.05, 0) is 49.4 Å². The molecule has 0 fully saturated rings. The van der Waals surface area contributed by atoms with Gasteiger partial charge in [0.15, 0.2) is 5.92 Å². The predicted molar refractivity (Wildman–Crippen MR) is 120 cm³/mol. The molecule has 0 aliphatic heterocycles. The normalized spacial score (nSPS) is 12.3. The summed E-state index contributed by atoms with van der Waals surface area (Å²) in [6.45, 7) is 2.35. The quantitative estimate of drug-likeness (QED) is 0.213. The second-order valence-corrected chi connectivity index (χ2v) is 6.93. The Hall–Kier alpha value is -3.92. The molecule has 3 aromatic rings. The van der Waals surface area contributed by atoms with Gasteiger partial charge in [0.25, 0.3) is 11.5 Å². The first-order chi connectivity index (χ1) is 15.4. The van der Waals surface area contributed by atoms with Crippen LogP contribution in [0.5, 0.6) is 5.75 Å². The minimum atomic E-state index is -1.56. The standard InChI is InChI=1S/C21H20ClN5O5/c1-3-32-13-7-5-12(6-8-13)24-20(29)18(27-23)16(21(30)31-2)17-19(28)26-15-10-11(22)4-9-14(15)25-17/h4-10,16H,3,23H2,1-2H3,(H,24,29)(H,26,28)/b27-18-/t16-/m0/s1. The Labute approximate surface area is 187 Å². The van der Waals surface area contributed by atoms with E-state index in [2.05, 4.69) is 20.4 Å². The molecule has 1 atom stereocenters. The van der Waals surface area contributed by atoms with Gasteiger partial charge in [-0.2, -0.15) is 5.10 Å². The van der Waals surface area contributed by atoms with E-state index in [0.29, 0.717) is 34.1 Å². The molecular formula is C21H20ClN5O5. The Morgan fingerprint density at radius 1 is 1.25 bits per heavy atom. The molecule has 0 aliphatic carbocycles. The van der Waals surface area contributed by atoms with E-state index >= 15 is 0 Å². The van der Waals surface area contributed by atoms with Crippen molar-refractivity contribution in [1.82, 2.24) is 9.97 Å². The number of hydrazone groups is 1. The first-order valence-electron chi connectivity index (χ1n) is 9.47. The van der Waals surface area contributed by atoms with Crippen molar-refractivity contribution in [2.24, 2.45) is 10.9 Å². The van der Waals surface area contributed by atoms with Gasteiger partial charge in [-0.1, -0.05) is 11.6 Å². The third kappa shape index (κ3) is 4.86. The Morgan fingerprint density at radius 3 is 2.59 bits per heavy atom. The molecule has 1 aromatic heterocycles. The van der Waals surface area contributed by atoms with Crippen LogP contribution in [0.1, 0.15) is 18.5 Å². The molecule has 1 heterocycles. The predicted octanol–water partition coefficient (Wildman–Crippen LogP) is 2.19. The van der Waals surface area contributed by atoms with Gasteiger partial charge in [-0.15, -0.1) is 0 Å². The molecule has 0 aliphatic rings. The fourth-order valence-corrected chi connectivity index (χ4v) is 3.17. The SMILES string of the molecule is CCOc1ccc(NC(=O)/C(=N\N)[C@@H](C(=O)OC)c2nc3ccc(Cl)cc3[nH]c2=O)cc1. The summed E-state index contributed by atoms with van der Waals surface area (Å²) in [6.07, 6.45) is 0. The van der Waals surface area contributed by atoms with Crippen molar-refractivity contribution < 1.29 is 19.1 Å². The molecular weight excluding hydrogens is 438 g/mol. The van der Waals surface area contributed by atoms with Gasteiger partial charge in [-0.3, -0.25) is 14.4 Å². The molecule has 0 radical (unpaired) electrons. The van der Waals surface area contributed by atoms with Gasteiger partial charge in [0.2, 0.25) is 0 Å². The van der Waals surface area contributed by atoms with Gasteiger partial charge in [-0.25, -0.2) is 4.98 Å². The Balaban J connectivity index is 1.98. The highest BCUT2D eigenvalue weighted by Gasteiger charge is 2.36. The van der Waals surface area contributed by atoms with Crippen LogP contribution in [0.2, 0.25) is 5.02 Å². The van der Waals surface area contributed by atoms with E-state index < -0.39 is 29.1 Å². The zero-order valence-electron chi connectivity index (χ0n) is 17.2. The molecule has 11 heteroatoms. The van der Waals surface area contributed by atoms with E-state index in [1.54, 1.807) is 36.4 Å². The first-order valence-corrected chi connectivity index (χ1v) is 9.85. The van der Waals surface area contributed by atoms with Gasteiger partial charge >= 0.3 is 5.97 Å². The lowest BCUT2D eigenvalue weighted by Crippen LogP contribution is -2.38. The molecule has 4 N–H and O–H groups in total. The molecule has 0 unspecified atom stereocenters. The minimum Gasteiger partial charge on any atom is -0.494 e.